The SMILES string of the molecule is CSc1cc(C)ccc1-n1cnnc1C. The summed E-state index contributed by atoms with van der Waals surface area (Å²) < 4.78 is 2.01. The fourth-order valence-corrected chi connectivity index (χ4v) is 2.19. The molecule has 4 heteroatoms. The quantitative estimate of drug-likeness (QED) is 0.727. The minimum atomic E-state index is 0.911. The van der Waals surface area contributed by atoms with E-state index in [1.165, 1.54) is 10.5 Å². The summed E-state index contributed by atoms with van der Waals surface area (Å²) in [6, 6.07) is 6.39. The van der Waals surface area contributed by atoms with Gasteiger partial charge in [-0.1, -0.05) is 6.07 Å². The second-order valence-electron chi connectivity index (χ2n) is 3.42. The van der Waals surface area contributed by atoms with E-state index in [2.05, 4.69) is 41.6 Å². The highest BCUT2D eigenvalue weighted by atomic mass is 32.2. The van der Waals surface area contributed by atoms with Crippen LogP contribution in [0.3, 0.4) is 0 Å². The normalized spacial score (nSPS) is 10.6. The second kappa shape index (κ2) is 4.06. The van der Waals surface area contributed by atoms with Crippen LogP contribution < -0.4 is 0 Å². The van der Waals surface area contributed by atoms with Crippen molar-refractivity contribution in [1.29, 1.82) is 0 Å². The molecular weight excluding hydrogens is 206 g/mol. The average Bonchev–Trinajstić information content (AvgIpc) is 2.64. The summed E-state index contributed by atoms with van der Waals surface area (Å²) >= 11 is 1.74. The van der Waals surface area contributed by atoms with E-state index in [4.69, 9.17) is 0 Å². The topological polar surface area (TPSA) is 30.7 Å². The first kappa shape index (κ1) is 10.2. The van der Waals surface area contributed by atoms with Gasteiger partial charge >= 0.3 is 0 Å². The van der Waals surface area contributed by atoms with Gasteiger partial charge in [0.1, 0.15) is 12.2 Å². The Balaban J connectivity index is 2.58. The lowest BCUT2D eigenvalue weighted by Gasteiger charge is -2.09. The molecule has 0 aliphatic rings. The van der Waals surface area contributed by atoms with Gasteiger partial charge in [-0.15, -0.1) is 22.0 Å². The highest BCUT2D eigenvalue weighted by Gasteiger charge is 2.06. The molecule has 0 saturated carbocycles. The number of aryl methyl sites for hydroxylation is 2. The van der Waals surface area contributed by atoms with Crippen LogP contribution in [-0.4, -0.2) is 21.0 Å². The Bertz CT molecular complexity index is 476. The first-order valence-corrected chi connectivity index (χ1v) is 5.96. The monoisotopic (exact) mass is 219 g/mol. The van der Waals surface area contributed by atoms with Gasteiger partial charge in [0.15, 0.2) is 0 Å². The zero-order valence-electron chi connectivity index (χ0n) is 9.06. The van der Waals surface area contributed by atoms with Gasteiger partial charge in [-0.25, -0.2) is 0 Å². The molecule has 1 heterocycles. The number of nitrogens with zero attached hydrogens (tertiary/aromatic N) is 3. The highest BCUT2D eigenvalue weighted by molar-refractivity contribution is 7.98. The summed E-state index contributed by atoms with van der Waals surface area (Å²) in [6.07, 6.45) is 3.83. The van der Waals surface area contributed by atoms with Gasteiger partial charge in [-0.2, -0.15) is 0 Å². The number of thioether (sulfide) groups is 1. The van der Waals surface area contributed by atoms with Crippen LogP contribution >= 0.6 is 11.8 Å². The van der Waals surface area contributed by atoms with Gasteiger partial charge in [0.25, 0.3) is 0 Å². The van der Waals surface area contributed by atoms with Crippen molar-refractivity contribution in [3.63, 3.8) is 0 Å². The van der Waals surface area contributed by atoms with Crippen molar-refractivity contribution in [1.82, 2.24) is 14.8 Å². The van der Waals surface area contributed by atoms with Crippen LogP contribution in [0.2, 0.25) is 0 Å². The number of benzene rings is 1. The maximum atomic E-state index is 3.99. The van der Waals surface area contributed by atoms with Crippen LogP contribution in [0.1, 0.15) is 11.4 Å². The van der Waals surface area contributed by atoms with E-state index in [-0.39, 0.29) is 0 Å². The first-order valence-electron chi connectivity index (χ1n) is 4.74. The van der Waals surface area contributed by atoms with Crippen molar-refractivity contribution in [2.45, 2.75) is 18.7 Å². The Hall–Kier alpha value is -1.29. The van der Waals surface area contributed by atoms with E-state index in [1.807, 2.05) is 11.5 Å². The van der Waals surface area contributed by atoms with E-state index >= 15 is 0 Å². The molecule has 2 aromatic rings. The van der Waals surface area contributed by atoms with Gasteiger partial charge < -0.3 is 0 Å². The molecule has 0 bridgehead atoms. The van der Waals surface area contributed by atoms with Crippen molar-refractivity contribution < 1.29 is 0 Å². The van der Waals surface area contributed by atoms with Crippen molar-refractivity contribution in [2.75, 3.05) is 6.26 Å². The number of rotatable bonds is 2. The Morgan fingerprint density at radius 1 is 1.27 bits per heavy atom. The molecule has 0 amide bonds. The third-order valence-electron chi connectivity index (χ3n) is 2.31. The summed E-state index contributed by atoms with van der Waals surface area (Å²) in [4.78, 5) is 1.25. The summed E-state index contributed by atoms with van der Waals surface area (Å²) in [5, 5.41) is 7.89. The first-order chi connectivity index (χ1) is 7.22. The summed E-state index contributed by atoms with van der Waals surface area (Å²) in [6.45, 7) is 4.06. The lowest BCUT2D eigenvalue weighted by molar-refractivity contribution is 0.948. The van der Waals surface area contributed by atoms with Gasteiger partial charge in [-0.05, 0) is 37.8 Å². The number of hydrogen-bond acceptors (Lipinski definition) is 3. The van der Waals surface area contributed by atoms with Crippen molar-refractivity contribution in [3.8, 4) is 5.69 Å². The Morgan fingerprint density at radius 3 is 2.67 bits per heavy atom. The standard InChI is InChI=1S/C11H13N3S/c1-8-4-5-10(11(6-8)15-3)14-7-12-13-9(14)2/h4-7H,1-3H3. The molecular formula is C11H13N3S. The Morgan fingerprint density at radius 2 is 2.07 bits per heavy atom. The number of aromatic nitrogens is 3. The third-order valence-corrected chi connectivity index (χ3v) is 3.08. The molecule has 2 rings (SSSR count). The van der Waals surface area contributed by atoms with Crippen LogP contribution in [-0.2, 0) is 0 Å². The van der Waals surface area contributed by atoms with Crippen LogP contribution in [0.15, 0.2) is 29.4 Å². The van der Waals surface area contributed by atoms with Crippen LogP contribution in [0.4, 0.5) is 0 Å². The molecule has 0 spiro atoms. The molecule has 0 aliphatic heterocycles. The molecule has 0 unspecified atom stereocenters. The van der Waals surface area contributed by atoms with Gasteiger partial charge in [-0.3, -0.25) is 4.57 Å². The Labute approximate surface area is 93.5 Å². The average molecular weight is 219 g/mol. The van der Waals surface area contributed by atoms with E-state index < -0.39 is 0 Å². The summed E-state index contributed by atoms with van der Waals surface area (Å²) in [5.41, 5.74) is 2.42. The maximum absolute atomic E-state index is 3.99. The molecule has 1 aromatic heterocycles. The van der Waals surface area contributed by atoms with Crippen molar-refractivity contribution in [2.24, 2.45) is 0 Å². The maximum Gasteiger partial charge on any atom is 0.134 e. The zero-order valence-corrected chi connectivity index (χ0v) is 9.88. The van der Waals surface area contributed by atoms with E-state index in [0.29, 0.717) is 0 Å². The molecule has 78 valence electrons. The van der Waals surface area contributed by atoms with E-state index in [9.17, 15) is 0 Å². The minimum Gasteiger partial charge on any atom is -0.285 e. The molecule has 0 radical (unpaired) electrons. The zero-order chi connectivity index (χ0) is 10.8. The molecule has 0 N–H and O–H groups in total. The largest absolute Gasteiger partial charge is 0.285 e. The molecule has 0 aliphatic carbocycles. The van der Waals surface area contributed by atoms with Gasteiger partial charge in [0.05, 0.1) is 5.69 Å². The minimum absolute atomic E-state index is 0.911. The molecule has 15 heavy (non-hydrogen) atoms. The predicted molar refractivity (Wildman–Crippen MR) is 62.6 cm³/mol. The summed E-state index contributed by atoms with van der Waals surface area (Å²) in [7, 11) is 0. The summed E-state index contributed by atoms with van der Waals surface area (Å²) in [5.74, 6) is 0.911. The van der Waals surface area contributed by atoms with Crippen LogP contribution in [0.5, 0.6) is 0 Å². The highest BCUT2D eigenvalue weighted by Crippen LogP contribution is 2.25. The Kier molecular flexibility index (Phi) is 2.77. The lowest BCUT2D eigenvalue weighted by atomic mass is 10.2. The van der Waals surface area contributed by atoms with E-state index in [0.717, 1.165) is 11.5 Å². The molecule has 0 atom stereocenters. The van der Waals surface area contributed by atoms with Gasteiger partial charge in [0, 0.05) is 4.90 Å². The fourth-order valence-electron chi connectivity index (χ4n) is 1.51. The third kappa shape index (κ3) is 1.90. The fraction of sp³-hybridized carbons (Fsp3) is 0.273. The van der Waals surface area contributed by atoms with E-state index in [1.54, 1.807) is 18.1 Å². The molecule has 1 aromatic carbocycles. The molecule has 3 nitrogen and oxygen atoms in total. The van der Waals surface area contributed by atoms with Crippen molar-refractivity contribution in [3.05, 3.63) is 35.9 Å². The van der Waals surface area contributed by atoms with Crippen molar-refractivity contribution >= 4 is 11.8 Å². The molecule has 0 fully saturated rings. The number of hydrogen-bond donors (Lipinski definition) is 0. The van der Waals surface area contributed by atoms with Crippen LogP contribution in [0, 0.1) is 13.8 Å². The predicted octanol–water partition coefficient (Wildman–Crippen LogP) is 2.61. The second-order valence-corrected chi connectivity index (χ2v) is 4.27. The van der Waals surface area contributed by atoms with Crippen LogP contribution in [0.25, 0.3) is 5.69 Å². The van der Waals surface area contributed by atoms with Gasteiger partial charge in [0.2, 0.25) is 0 Å². The molecule has 0 saturated heterocycles. The lowest BCUT2D eigenvalue weighted by Crippen LogP contribution is -1.97. The smallest absolute Gasteiger partial charge is 0.134 e.